The molecule has 1 heterocycles. The monoisotopic (exact) mass is 269 g/mol. The summed E-state index contributed by atoms with van der Waals surface area (Å²) < 4.78 is 36.7. The van der Waals surface area contributed by atoms with E-state index in [0.29, 0.717) is 0 Å². The van der Waals surface area contributed by atoms with E-state index in [2.05, 4.69) is 9.68 Å². The molecule has 0 radical (unpaired) electrons. The Morgan fingerprint density at radius 2 is 2.16 bits per heavy atom. The largest absolute Gasteiger partial charge is 0.475 e. The molecule has 0 fully saturated rings. The summed E-state index contributed by atoms with van der Waals surface area (Å²) in [5.41, 5.74) is -0.197. The first-order valence-electron chi connectivity index (χ1n) is 5.20. The summed E-state index contributed by atoms with van der Waals surface area (Å²) >= 11 is 0. The number of carboxylic acids is 1. The van der Waals surface area contributed by atoms with Crippen LogP contribution in [0.5, 0.6) is 0 Å². The van der Waals surface area contributed by atoms with Crippen molar-refractivity contribution in [2.45, 2.75) is 6.61 Å². The van der Waals surface area contributed by atoms with Gasteiger partial charge in [-0.2, -0.15) is 0 Å². The molecule has 0 unspecified atom stereocenters. The number of ether oxygens (including phenoxy) is 1. The van der Waals surface area contributed by atoms with Crippen LogP contribution in [-0.2, 0) is 11.3 Å². The van der Waals surface area contributed by atoms with Crippen molar-refractivity contribution in [3.63, 3.8) is 0 Å². The van der Waals surface area contributed by atoms with Crippen LogP contribution in [0.4, 0.5) is 8.78 Å². The van der Waals surface area contributed by atoms with E-state index in [1.807, 2.05) is 0 Å². The van der Waals surface area contributed by atoms with E-state index in [4.69, 9.17) is 9.84 Å². The molecule has 0 bridgehead atoms. The van der Waals surface area contributed by atoms with Crippen LogP contribution in [0.25, 0.3) is 11.3 Å². The highest BCUT2D eigenvalue weighted by Gasteiger charge is 2.19. The van der Waals surface area contributed by atoms with Gasteiger partial charge in [0.1, 0.15) is 5.69 Å². The minimum atomic E-state index is -1.34. The fourth-order valence-corrected chi connectivity index (χ4v) is 1.56. The number of hydrogen-bond acceptors (Lipinski definition) is 4. The molecule has 2 rings (SSSR count). The van der Waals surface area contributed by atoms with Gasteiger partial charge in [0.15, 0.2) is 11.6 Å². The number of aromatic nitrogens is 1. The van der Waals surface area contributed by atoms with Gasteiger partial charge in [-0.05, 0) is 6.07 Å². The fourth-order valence-electron chi connectivity index (χ4n) is 1.56. The highest BCUT2D eigenvalue weighted by atomic mass is 19.2. The molecule has 5 nitrogen and oxygen atoms in total. The minimum Gasteiger partial charge on any atom is -0.475 e. The Morgan fingerprint density at radius 1 is 1.42 bits per heavy atom. The van der Waals surface area contributed by atoms with Crippen molar-refractivity contribution in [1.29, 1.82) is 0 Å². The van der Waals surface area contributed by atoms with Gasteiger partial charge in [-0.1, -0.05) is 11.2 Å². The molecule has 1 aromatic carbocycles. The number of benzene rings is 1. The molecular weight excluding hydrogens is 260 g/mol. The minimum absolute atomic E-state index is 0.0608. The molecule has 19 heavy (non-hydrogen) atoms. The Labute approximate surface area is 106 Å². The van der Waals surface area contributed by atoms with Crippen LogP contribution in [0.2, 0.25) is 0 Å². The maximum Gasteiger partial charge on any atom is 0.374 e. The molecule has 2 aromatic rings. The lowest BCUT2D eigenvalue weighted by Gasteiger charge is -2.05. The molecule has 0 aliphatic heterocycles. The third kappa shape index (κ3) is 2.45. The topological polar surface area (TPSA) is 72.6 Å². The van der Waals surface area contributed by atoms with Crippen LogP contribution in [0.15, 0.2) is 22.7 Å². The van der Waals surface area contributed by atoms with Crippen LogP contribution < -0.4 is 0 Å². The normalized spacial score (nSPS) is 10.7. The van der Waals surface area contributed by atoms with Gasteiger partial charge < -0.3 is 14.4 Å². The van der Waals surface area contributed by atoms with Crippen molar-refractivity contribution in [2.75, 3.05) is 7.11 Å². The van der Waals surface area contributed by atoms with Crippen LogP contribution in [-0.4, -0.2) is 23.3 Å². The van der Waals surface area contributed by atoms with Crippen LogP contribution >= 0.6 is 0 Å². The first-order chi connectivity index (χ1) is 9.04. The van der Waals surface area contributed by atoms with Crippen molar-refractivity contribution in [2.24, 2.45) is 0 Å². The zero-order valence-corrected chi connectivity index (χ0v) is 9.81. The predicted octanol–water partition coefficient (Wildman–Crippen LogP) is 2.46. The first-order valence-corrected chi connectivity index (χ1v) is 5.20. The fraction of sp³-hybridized carbons (Fsp3) is 0.167. The number of aromatic carboxylic acids is 1. The Kier molecular flexibility index (Phi) is 3.57. The number of halogens is 2. The van der Waals surface area contributed by atoms with Gasteiger partial charge in [-0.3, -0.25) is 0 Å². The van der Waals surface area contributed by atoms with Crippen LogP contribution in [0.3, 0.4) is 0 Å². The summed E-state index contributed by atoms with van der Waals surface area (Å²) in [7, 11) is 1.36. The van der Waals surface area contributed by atoms with E-state index in [1.165, 1.54) is 19.2 Å². The summed E-state index contributed by atoms with van der Waals surface area (Å²) in [5.74, 6) is -3.97. The van der Waals surface area contributed by atoms with Crippen molar-refractivity contribution >= 4 is 5.97 Å². The number of rotatable bonds is 4. The smallest absolute Gasteiger partial charge is 0.374 e. The van der Waals surface area contributed by atoms with Gasteiger partial charge in [0.05, 0.1) is 6.61 Å². The van der Waals surface area contributed by atoms with Crippen LogP contribution in [0, 0.1) is 11.6 Å². The standard InChI is InChI=1S/C12H9F2NO4/c1-18-5-6-2-3-7(11(14)10(6)13)8-4-9(12(16)17)19-15-8/h2-4H,5H2,1H3,(H,16,17). The second kappa shape index (κ2) is 5.15. The maximum absolute atomic E-state index is 13.8. The van der Waals surface area contributed by atoms with Gasteiger partial charge in [-0.25, -0.2) is 13.6 Å². The summed E-state index contributed by atoms with van der Waals surface area (Å²) in [4.78, 5) is 10.6. The molecule has 0 spiro atoms. The summed E-state index contributed by atoms with van der Waals surface area (Å²) in [6.45, 7) is -0.0672. The molecule has 7 heteroatoms. The highest BCUT2D eigenvalue weighted by Crippen LogP contribution is 2.26. The molecule has 0 aliphatic rings. The lowest BCUT2D eigenvalue weighted by Crippen LogP contribution is -1.98. The van der Waals surface area contributed by atoms with E-state index in [0.717, 1.165) is 6.07 Å². The van der Waals surface area contributed by atoms with Gasteiger partial charge in [0.25, 0.3) is 0 Å². The van der Waals surface area contributed by atoms with Crippen LogP contribution in [0.1, 0.15) is 16.1 Å². The van der Waals surface area contributed by atoms with Crippen molar-refractivity contribution in [1.82, 2.24) is 5.16 Å². The molecule has 0 saturated carbocycles. The second-order valence-electron chi connectivity index (χ2n) is 3.71. The maximum atomic E-state index is 13.8. The Hall–Kier alpha value is -2.28. The lowest BCUT2D eigenvalue weighted by molar-refractivity contribution is 0.0652. The van der Waals surface area contributed by atoms with Crippen molar-refractivity contribution in [3.8, 4) is 11.3 Å². The molecule has 0 aliphatic carbocycles. The average Bonchev–Trinajstić information content (AvgIpc) is 2.85. The Bertz CT molecular complexity index is 624. The SMILES string of the molecule is COCc1ccc(-c2cc(C(=O)O)on2)c(F)c1F. The second-order valence-corrected chi connectivity index (χ2v) is 3.71. The highest BCUT2D eigenvalue weighted by molar-refractivity contribution is 5.85. The van der Waals surface area contributed by atoms with Crippen molar-refractivity contribution < 1.29 is 27.9 Å². The lowest BCUT2D eigenvalue weighted by atomic mass is 10.1. The average molecular weight is 269 g/mol. The Balaban J connectivity index is 2.45. The molecular formula is C12H9F2NO4. The van der Waals surface area contributed by atoms with Gasteiger partial charge in [0, 0.05) is 24.3 Å². The number of carboxylic acid groups (broad SMARTS) is 1. The third-order valence-corrected chi connectivity index (χ3v) is 2.46. The van der Waals surface area contributed by atoms with Gasteiger partial charge in [-0.15, -0.1) is 0 Å². The third-order valence-electron chi connectivity index (χ3n) is 2.46. The van der Waals surface area contributed by atoms with E-state index in [9.17, 15) is 13.6 Å². The number of nitrogens with zero attached hydrogens (tertiary/aromatic N) is 1. The quantitative estimate of drug-likeness (QED) is 0.923. The zero-order chi connectivity index (χ0) is 14.0. The molecule has 0 amide bonds. The number of carbonyl (C=O) groups is 1. The predicted molar refractivity (Wildman–Crippen MR) is 59.5 cm³/mol. The zero-order valence-electron chi connectivity index (χ0n) is 9.81. The molecule has 100 valence electrons. The molecule has 1 aromatic heterocycles. The van der Waals surface area contributed by atoms with Gasteiger partial charge in [0.2, 0.25) is 5.76 Å². The van der Waals surface area contributed by atoms with E-state index < -0.39 is 23.4 Å². The molecule has 0 atom stereocenters. The summed E-state index contributed by atoms with van der Waals surface area (Å²) in [6, 6.07) is 3.65. The van der Waals surface area contributed by atoms with E-state index >= 15 is 0 Å². The molecule has 0 saturated heterocycles. The Morgan fingerprint density at radius 3 is 2.74 bits per heavy atom. The summed E-state index contributed by atoms with van der Waals surface area (Å²) in [6.07, 6.45) is 0. The molecule has 1 N–H and O–H groups in total. The first kappa shape index (κ1) is 13.2. The van der Waals surface area contributed by atoms with Crippen molar-refractivity contribution in [3.05, 3.63) is 41.2 Å². The van der Waals surface area contributed by atoms with E-state index in [-0.39, 0.29) is 23.4 Å². The summed E-state index contributed by atoms with van der Waals surface area (Å²) in [5, 5.41) is 12.1. The van der Waals surface area contributed by atoms with E-state index in [1.54, 1.807) is 0 Å². The number of methoxy groups -OCH3 is 1. The van der Waals surface area contributed by atoms with Gasteiger partial charge >= 0.3 is 5.97 Å². The number of hydrogen-bond donors (Lipinski definition) is 1.